The Kier molecular flexibility index (Phi) is 4.98. The van der Waals surface area contributed by atoms with E-state index in [-0.39, 0.29) is 23.7 Å². The first-order valence-corrected chi connectivity index (χ1v) is 8.81. The van der Waals surface area contributed by atoms with E-state index in [4.69, 9.17) is 0 Å². The summed E-state index contributed by atoms with van der Waals surface area (Å²) in [7, 11) is 3.94. The summed E-state index contributed by atoms with van der Waals surface area (Å²) < 4.78 is 0. The molecule has 26 heavy (non-hydrogen) atoms. The molecule has 0 saturated heterocycles. The maximum Gasteiger partial charge on any atom is 0.228 e. The molecule has 0 bridgehead atoms. The lowest BCUT2D eigenvalue weighted by atomic mass is 10.1. The van der Waals surface area contributed by atoms with Gasteiger partial charge < -0.3 is 15.5 Å². The molecule has 0 aliphatic heterocycles. The second-order valence-electron chi connectivity index (χ2n) is 7.17. The Balaban J connectivity index is 1.54. The number of nitrogens with one attached hydrogen (secondary N) is 2. The van der Waals surface area contributed by atoms with Crippen molar-refractivity contribution in [1.29, 1.82) is 0 Å². The number of carbonyl (C=O) groups excluding carboxylic acids is 2. The summed E-state index contributed by atoms with van der Waals surface area (Å²) in [5, 5.41) is 5.81. The normalized spacial score (nSPS) is 18.2. The first-order chi connectivity index (χ1) is 12.3. The molecule has 2 aromatic rings. The van der Waals surface area contributed by atoms with E-state index in [1.54, 1.807) is 0 Å². The molecule has 136 valence electrons. The van der Waals surface area contributed by atoms with Crippen molar-refractivity contribution < 1.29 is 9.59 Å². The van der Waals surface area contributed by atoms with Crippen LogP contribution < -0.4 is 15.5 Å². The smallest absolute Gasteiger partial charge is 0.228 e. The van der Waals surface area contributed by atoms with E-state index < -0.39 is 0 Å². The van der Waals surface area contributed by atoms with Gasteiger partial charge in [0.15, 0.2) is 0 Å². The Morgan fingerprint density at radius 1 is 0.846 bits per heavy atom. The van der Waals surface area contributed by atoms with Gasteiger partial charge in [0.1, 0.15) is 0 Å². The van der Waals surface area contributed by atoms with Crippen LogP contribution in [0.25, 0.3) is 0 Å². The second-order valence-corrected chi connectivity index (χ2v) is 7.17. The number of nitrogens with zero attached hydrogens (tertiary/aromatic N) is 1. The molecule has 1 saturated carbocycles. The standard InChI is InChI=1S/C21H25N3O2/c1-13-5-6-16(11-14(13)2)23-21(26)19-12-18(19)20(25)22-15-7-9-17(10-8-15)24(3)4/h5-11,18-19H,12H2,1-4H3,(H,22,25)(H,23,26). The zero-order valence-electron chi connectivity index (χ0n) is 15.7. The number of aryl methyl sites for hydroxylation is 2. The van der Waals surface area contributed by atoms with Crippen LogP contribution in [0.4, 0.5) is 17.1 Å². The molecule has 0 heterocycles. The zero-order chi connectivity index (χ0) is 18.8. The van der Waals surface area contributed by atoms with Gasteiger partial charge in [0.25, 0.3) is 0 Å². The number of benzene rings is 2. The van der Waals surface area contributed by atoms with Crippen molar-refractivity contribution in [1.82, 2.24) is 0 Å². The molecule has 1 aliphatic rings. The Labute approximate surface area is 154 Å². The summed E-state index contributed by atoms with van der Waals surface area (Å²) in [5.41, 5.74) is 4.92. The van der Waals surface area contributed by atoms with Gasteiger partial charge in [0, 0.05) is 31.2 Å². The van der Waals surface area contributed by atoms with Crippen molar-refractivity contribution in [3.8, 4) is 0 Å². The van der Waals surface area contributed by atoms with E-state index in [0.717, 1.165) is 22.6 Å². The maximum absolute atomic E-state index is 12.4. The molecule has 3 rings (SSSR count). The van der Waals surface area contributed by atoms with Gasteiger partial charge in [-0.05, 0) is 67.8 Å². The largest absolute Gasteiger partial charge is 0.378 e. The van der Waals surface area contributed by atoms with Crippen LogP contribution in [0.3, 0.4) is 0 Å². The van der Waals surface area contributed by atoms with Crippen LogP contribution >= 0.6 is 0 Å². The van der Waals surface area contributed by atoms with Crippen LogP contribution in [0.1, 0.15) is 17.5 Å². The third-order valence-corrected chi connectivity index (χ3v) is 4.89. The van der Waals surface area contributed by atoms with Crippen LogP contribution in [0.5, 0.6) is 0 Å². The minimum Gasteiger partial charge on any atom is -0.378 e. The number of amides is 2. The van der Waals surface area contributed by atoms with Gasteiger partial charge in [0.2, 0.25) is 11.8 Å². The minimum atomic E-state index is -0.255. The summed E-state index contributed by atoms with van der Waals surface area (Å²) in [5.74, 6) is -0.688. The Bertz CT molecular complexity index is 828. The van der Waals surface area contributed by atoms with Crippen LogP contribution in [-0.2, 0) is 9.59 Å². The van der Waals surface area contributed by atoms with Crippen LogP contribution in [0.15, 0.2) is 42.5 Å². The van der Waals surface area contributed by atoms with Crippen molar-refractivity contribution >= 4 is 28.9 Å². The number of hydrogen-bond donors (Lipinski definition) is 2. The molecular weight excluding hydrogens is 326 g/mol. The summed E-state index contributed by atoms with van der Waals surface area (Å²) in [6.07, 6.45) is 0.596. The molecule has 5 heteroatoms. The van der Waals surface area contributed by atoms with Gasteiger partial charge in [-0.25, -0.2) is 0 Å². The van der Waals surface area contributed by atoms with E-state index >= 15 is 0 Å². The fourth-order valence-corrected chi connectivity index (χ4v) is 2.91. The van der Waals surface area contributed by atoms with Gasteiger partial charge in [-0.15, -0.1) is 0 Å². The van der Waals surface area contributed by atoms with Crippen molar-refractivity contribution in [2.45, 2.75) is 20.3 Å². The predicted molar refractivity (Wildman–Crippen MR) is 106 cm³/mol. The number of rotatable bonds is 5. The molecule has 2 N–H and O–H groups in total. The summed E-state index contributed by atoms with van der Waals surface area (Å²) in [6, 6.07) is 13.5. The number of carbonyl (C=O) groups is 2. The highest BCUT2D eigenvalue weighted by Gasteiger charge is 2.48. The van der Waals surface area contributed by atoms with E-state index in [0.29, 0.717) is 6.42 Å². The molecule has 0 radical (unpaired) electrons. The zero-order valence-corrected chi connectivity index (χ0v) is 15.7. The first-order valence-electron chi connectivity index (χ1n) is 8.81. The third kappa shape index (κ3) is 4.04. The van der Waals surface area contributed by atoms with E-state index in [1.807, 2.05) is 75.3 Å². The molecule has 2 atom stereocenters. The quantitative estimate of drug-likeness (QED) is 0.865. The molecule has 5 nitrogen and oxygen atoms in total. The first kappa shape index (κ1) is 18.0. The molecule has 2 unspecified atom stereocenters. The van der Waals surface area contributed by atoms with Gasteiger partial charge in [-0.1, -0.05) is 6.07 Å². The topological polar surface area (TPSA) is 61.4 Å². The summed E-state index contributed by atoms with van der Waals surface area (Å²) in [6.45, 7) is 4.05. The highest BCUT2D eigenvalue weighted by Crippen LogP contribution is 2.40. The number of hydrogen-bond acceptors (Lipinski definition) is 3. The lowest BCUT2D eigenvalue weighted by Crippen LogP contribution is -2.20. The molecule has 2 amide bonds. The Morgan fingerprint density at radius 3 is 1.92 bits per heavy atom. The van der Waals surface area contributed by atoms with Crippen molar-refractivity contribution in [2.75, 3.05) is 29.6 Å². The highest BCUT2D eigenvalue weighted by molar-refractivity contribution is 6.03. The molecule has 2 aromatic carbocycles. The van der Waals surface area contributed by atoms with E-state index in [9.17, 15) is 9.59 Å². The van der Waals surface area contributed by atoms with E-state index in [2.05, 4.69) is 10.6 Å². The average molecular weight is 351 g/mol. The molecular formula is C21H25N3O2. The minimum absolute atomic E-state index is 0.0867. The highest BCUT2D eigenvalue weighted by atomic mass is 16.2. The fraction of sp³-hybridized carbons (Fsp3) is 0.333. The summed E-state index contributed by atoms with van der Waals surface area (Å²) in [4.78, 5) is 26.7. The molecule has 1 aliphatic carbocycles. The molecule has 0 aromatic heterocycles. The van der Waals surface area contributed by atoms with Crippen LogP contribution in [0.2, 0.25) is 0 Å². The van der Waals surface area contributed by atoms with E-state index in [1.165, 1.54) is 5.56 Å². The molecule has 1 fully saturated rings. The lowest BCUT2D eigenvalue weighted by Gasteiger charge is -2.13. The van der Waals surface area contributed by atoms with Gasteiger partial charge in [-0.3, -0.25) is 9.59 Å². The Morgan fingerprint density at radius 2 is 1.38 bits per heavy atom. The third-order valence-electron chi connectivity index (χ3n) is 4.89. The van der Waals surface area contributed by atoms with Crippen molar-refractivity contribution in [3.63, 3.8) is 0 Å². The van der Waals surface area contributed by atoms with Gasteiger partial charge in [0.05, 0.1) is 11.8 Å². The SMILES string of the molecule is Cc1ccc(NC(=O)C2CC2C(=O)Nc2ccc(N(C)C)cc2)cc1C. The monoisotopic (exact) mass is 351 g/mol. The Hall–Kier alpha value is -2.82. The van der Waals surface area contributed by atoms with Crippen molar-refractivity contribution in [3.05, 3.63) is 53.6 Å². The molecule has 0 spiro atoms. The van der Waals surface area contributed by atoms with Gasteiger partial charge >= 0.3 is 0 Å². The lowest BCUT2D eigenvalue weighted by molar-refractivity contribution is -0.122. The maximum atomic E-state index is 12.4. The average Bonchev–Trinajstić information content (AvgIpc) is 3.39. The van der Waals surface area contributed by atoms with Crippen LogP contribution in [0, 0.1) is 25.7 Å². The predicted octanol–water partition coefficient (Wildman–Crippen LogP) is 3.58. The second kappa shape index (κ2) is 7.20. The summed E-state index contributed by atoms with van der Waals surface area (Å²) >= 11 is 0. The fourth-order valence-electron chi connectivity index (χ4n) is 2.91. The van der Waals surface area contributed by atoms with Gasteiger partial charge in [-0.2, -0.15) is 0 Å². The number of anilines is 3. The van der Waals surface area contributed by atoms with Crippen LogP contribution in [-0.4, -0.2) is 25.9 Å². The van der Waals surface area contributed by atoms with Crippen molar-refractivity contribution in [2.24, 2.45) is 11.8 Å².